The molecule has 0 radical (unpaired) electrons. The minimum atomic E-state index is 0.0623. The Morgan fingerprint density at radius 2 is 2.06 bits per heavy atom. The van der Waals surface area contributed by atoms with E-state index in [2.05, 4.69) is 40.5 Å². The molecule has 1 aliphatic heterocycles. The van der Waals surface area contributed by atoms with Gasteiger partial charge < -0.3 is 20.5 Å². The molecule has 0 aliphatic carbocycles. The number of anilines is 2. The second-order valence-corrected chi connectivity index (χ2v) is 8.86. The second kappa shape index (κ2) is 9.37. The summed E-state index contributed by atoms with van der Waals surface area (Å²) in [5.41, 5.74) is 3.92. The summed E-state index contributed by atoms with van der Waals surface area (Å²) in [6, 6.07) is 7.50. The van der Waals surface area contributed by atoms with Crippen molar-refractivity contribution >= 4 is 51.5 Å². The Hall–Kier alpha value is -2.44. The maximum Gasteiger partial charge on any atom is 0.242 e. The minimum Gasteiger partial charge on any atom is -0.379 e. The van der Waals surface area contributed by atoms with Gasteiger partial charge in [-0.3, -0.25) is 4.79 Å². The van der Waals surface area contributed by atoms with Crippen molar-refractivity contribution in [3.05, 3.63) is 52.3 Å². The number of hydrogen-bond acceptors (Lipinski definition) is 4. The third kappa shape index (κ3) is 4.75. The minimum absolute atomic E-state index is 0.0623. The predicted octanol–water partition coefficient (Wildman–Crippen LogP) is 5.34. The second-order valence-electron chi connectivity index (χ2n) is 7.98. The molecule has 2 aromatic heterocycles. The maximum atomic E-state index is 13.0. The van der Waals surface area contributed by atoms with Gasteiger partial charge in [0.05, 0.1) is 12.2 Å². The van der Waals surface area contributed by atoms with Crippen LogP contribution in [0.1, 0.15) is 32.3 Å². The van der Waals surface area contributed by atoms with Crippen LogP contribution >= 0.6 is 23.2 Å². The molecule has 3 aromatic rings. The number of piperidine rings is 1. The molecular weight excluding hydrogens is 433 g/mol. The summed E-state index contributed by atoms with van der Waals surface area (Å²) < 4.78 is 0. The number of nitrogens with zero attached hydrogens (tertiary/aromatic N) is 2. The maximum absolute atomic E-state index is 13.0. The number of H-pyrrole nitrogens is 1. The molecule has 3 N–H and O–H groups in total. The zero-order valence-corrected chi connectivity index (χ0v) is 19.2. The number of benzene rings is 1. The fraction of sp³-hybridized carbons (Fsp3) is 0.391. The summed E-state index contributed by atoms with van der Waals surface area (Å²) in [5.74, 6) is 0.0623. The van der Waals surface area contributed by atoms with Crippen LogP contribution in [-0.4, -0.2) is 45.9 Å². The van der Waals surface area contributed by atoms with Gasteiger partial charge in [0.2, 0.25) is 5.91 Å². The third-order valence-electron chi connectivity index (χ3n) is 5.99. The highest BCUT2D eigenvalue weighted by Gasteiger charge is 2.31. The van der Waals surface area contributed by atoms with E-state index in [1.54, 1.807) is 18.2 Å². The molecule has 31 heavy (non-hydrogen) atoms. The topological polar surface area (TPSA) is 73.0 Å². The lowest BCUT2D eigenvalue weighted by molar-refractivity contribution is -0.132. The lowest BCUT2D eigenvalue weighted by Gasteiger charge is -2.40. The highest BCUT2D eigenvalue weighted by molar-refractivity contribution is 6.35. The van der Waals surface area contributed by atoms with Gasteiger partial charge in [0.1, 0.15) is 5.65 Å². The van der Waals surface area contributed by atoms with Crippen LogP contribution in [0, 0.1) is 0 Å². The SMILES string of the molecule is CCc1cnc2[nH]ccc2c1NC1CCCN(C(=O)CNc2cc(Cl)cc(Cl)c2)C1C. The van der Waals surface area contributed by atoms with Crippen molar-refractivity contribution in [2.24, 2.45) is 0 Å². The number of fused-ring (bicyclic) bond motifs is 1. The number of hydrogen-bond donors (Lipinski definition) is 3. The number of carbonyl (C=O) groups excluding carboxylic acids is 1. The first-order valence-electron chi connectivity index (χ1n) is 10.7. The molecule has 1 aromatic carbocycles. The van der Waals surface area contributed by atoms with Crippen molar-refractivity contribution in [2.75, 3.05) is 23.7 Å². The van der Waals surface area contributed by atoms with Gasteiger partial charge in [-0.25, -0.2) is 4.98 Å². The van der Waals surface area contributed by atoms with E-state index in [1.807, 2.05) is 17.3 Å². The fourth-order valence-electron chi connectivity index (χ4n) is 4.30. The molecule has 0 saturated carbocycles. The first kappa shape index (κ1) is 21.8. The average molecular weight is 460 g/mol. The van der Waals surface area contributed by atoms with Crippen molar-refractivity contribution in [3.8, 4) is 0 Å². The molecule has 2 atom stereocenters. The quantitative estimate of drug-likeness (QED) is 0.465. The van der Waals surface area contributed by atoms with Crippen molar-refractivity contribution in [3.63, 3.8) is 0 Å². The lowest BCUT2D eigenvalue weighted by atomic mass is 9.96. The standard InChI is InChI=1S/C23H27Cl2N5O/c1-3-15-12-28-23-19(6-7-26-23)22(15)29-20-5-4-8-30(14(20)2)21(31)13-27-18-10-16(24)9-17(25)11-18/h6-7,9-12,14,20,27H,3-5,8,13H2,1-2H3,(H2,26,28,29). The number of pyridine rings is 1. The highest BCUT2D eigenvalue weighted by Crippen LogP contribution is 2.30. The lowest BCUT2D eigenvalue weighted by Crippen LogP contribution is -2.53. The zero-order chi connectivity index (χ0) is 22.0. The average Bonchev–Trinajstić information content (AvgIpc) is 3.22. The van der Waals surface area contributed by atoms with Crippen LogP contribution in [0.25, 0.3) is 11.0 Å². The van der Waals surface area contributed by atoms with Gasteiger partial charge in [-0.05, 0) is 56.0 Å². The molecule has 1 aliphatic rings. The van der Waals surface area contributed by atoms with Gasteiger partial charge in [-0.1, -0.05) is 30.1 Å². The van der Waals surface area contributed by atoms with E-state index in [0.29, 0.717) is 10.0 Å². The fourth-order valence-corrected chi connectivity index (χ4v) is 4.82. The van der Waals surface area contributed by atoms with Crippen LogP contribution in [-0.2, 0) is 11.2 Å². The molecule has 164 valence electrons. The Morgan fingerprint density at radius 1 is 1.29 bits per heavy atom. The molecular formula is C23H27Cl2N5O. The van der Waals surface area contributed by atoms with Crippen LogP contribution in [0.4, 0.5) is 11.4 Å². The summed E-state index contributed by atoms with van der Waals surface area (Å²) in [6.45, 7) is 5.21. The number of aryl methyl sites for hydroxylation is 1. The van der Waals surface area contributed by atoms with E-state index < -0.39 is 0 Å². The zero-order valence-electron chi connectivity index (χ0n) is 17.7. The molecule has 3 heterocycles. The first-order valence-corrected chi connectivity index (χ1v) is 11.4. The van der Waals surface area contributed by atoms with Crippen LogP contribution in [0.5, 0.6) is 0 Å². The van der Waals surface area contributed by atoms with E-state index in [-0.39, 0.29) is 24.5 Å². The number of carbonyl (C=O) groups is 1. The number of amides is 1. The van der Waals surface area contributed by atoms with Crippen LogP contribution < -0.4 is 10.6 Å². The molecule has 4 rings (SSSR count). The van der Waals surface area contributed by atoms with Crippen molar-refractivity contribution < 1.29 is 4.79 Å². The summed E-state index contributed by atoms with van der Waals surface area (Å²) in [6.07, 6.45) is 6.71. The summed E-state index contributed by atoms with van der Waals surface area (Å²) >= 11 is 12.1. The third-order valence-corrected chi connectivity index (χ3v) is 6.43. The Morgan fingerprint density at radius 3 is 2.81 bits per heavy atom. The smallest absolute Gasteiger partial charge is 0.242 e. The van der Waals surface area contributed by atoms with Crippen molar-refractivity contribution in [2.45, 2.75) is 45.2 Å². The number of rotatable bonds is 6. The van der Waals surface area contributed by atoms with Gasteiger partial charge >= 0.3 is 0 Å². The number of likely N-dealkylation sites (tertiary alicyclic amines) is 1. The molecule has 0 bridgehead atoms. The summed E-state index contributed by atoms with van der Waals surface area (Å²) in [5, 5.41) is 9.07. The van der Waals surface area contributed by atoms with Gasteiger partial charge in [0.15, 0.2) is 0 Å². The highest BCUT2D eigenvalue weighted by atomic mass is 35.5. The van der Waals surface area contributed by atoms with E-state index >= 15 is 0 Å². The largest absolute Gasteiger partial charge is 0.379 e. The van der Waals surface area contributed by atoms with Gasteiger partial charge in [0.25, 0.3) is 0 Å². The number of aromatic amines is 1. The van der Waals surface area contributed by atoms with E-state index in [0.717, 1.165) is 48.2 Å². The molecule has 8 heteroatoms. The Labute approximate surface area is 192 Å². The first-order chi connectivity index (χ1) is 15.0. The molecule has 1 fully saturated rings. The van der Waals surface area contributed by atoms with Crippen LogP contribution in [0.15, 0.2) is 36.7 Å². The normalized spacial score (nSPS) is 18.9. The summed E-state index contributed by atoms with van der Waals surface area (Å²) in [4.78, 5) is 22.6. The van der Waals surface area contributed by atoms with Gasteiger partial charge in [-0.2, -0.15) is 0 Å². The van der Waals surface area contributed by atoms with Crippen LogP contribution in [0.3, 0.4) is 0 Å². The van der Waals surface area contributed by atoms with E-state index in [1.165, 1.54) is 5.56 Å². The number of halogens is 2. The molecule has 0 spiro atoms. The van der Waals surface area contributed by atoms with Crippen molar-refractivity contribution in [1.82, 2.24) is 14.9 Å². The van der Waals surface area contributed by atoms with E-state index in [9.17, 15) is 4.79 Å². The summed E-state index contributed by atoms with van der Waals surface area (Å²) in [7, 11) is 0. The molecule has 1 saturated heterocycles. The predicted molar refractivity (Wildman–Crippen MR) is 128 cm³/mol. The van der Waals surface area contributed by atoms with Crippen LogP contribution in [0.2, 0.25) is 10.0 Å². The monoisotopic (exact) mass is 459 g/mol. The number of aromatic nitrogens is 2. The van der Waals surface area contributed by atoms with Gasteiger partial charge in [-0.15, -0.1) is 0 Å². The molecule has 1 amide bonds. The van der Waals surface area contributed by atoms with E-state index in [4.69, 9.17) is 23.2 Å². The Balaban J connectivity index is 1.46. The van der Waals surface area contributed by atoms with Gasteiger partial charge in [0, 0.05) is 52.1 Å². The molecule has 6 nitrogen and oxygen atoms in total. The Kier molecular flexibility index (Phi) is 6.58. The number of nitrogens with one attached hydrogen (secondary N) is 3. The van der Waals surface area contributed by atoms with Crippen molar-refractivity contribution in [1.29, 1.82) is 0 Å². The molecule has 2 unspecified atom stereocenters. The Bertz CT molecular complexity index is 1060.